The van der Waals surface area contributed by atoms with E-state index in [1.165, 1.54) is 5.56 Å². The monoisotopic (exact) mass is 607 g/mol. The van der Waals surface area contributed by atoms with Crippen LogP contribution >= 0.6 is 23.7 Å². The Hall–Kier alpha value is -3.08. The number of piperazine rings is 1. The summed E-state index contributed by atoms with van der Waals surface area (Å²) in [5.41, 5.74) is 2.24. The Labute approximate surface area is 257 Å². The first-order valence-electron chi connectivity index (χ1n) is 14.5. The summed E-state index contributed by atoms with van der Waals surface area (Å²) in [6.07, 6.45) is 7.63. The summed E-state index contributed by atoms with van der Waals surface area (Å²) in [5, 5.41) is 18.3. The molecule has 2 N–H and O–H groups in total. The average molecular weight is 608 g/mol. The topological polar surface area (TPSA) is 92.5 Å². The van der Waals surface area contributed by atoms with Crippen molar-refractivity contribution in [2.75, 3.05) is 26.2 Å². The van der Waals surface area contributed by atoms with Gasteiger partial charge in [-0.1, -0.05) is 73.5 Å². The van der Waals surface area contributed by atoms with Gasteiger partial charge in [0.25, 0.3) is 5.91 Å². The molecule has 1 amide bonds. The second-order valence-corrected chi connectivity index (χ2v) is 12.0. The number of carbonyl (C=O) groups excluding carboxylic acids is 1. The Morgan fingerprint density at radius 3 is 2.64 bits per heavy atom. The molecule has 8 nitrogen and oxygen atoms in total. The normalized spacial score (nSPS) is 22.5. The number of aliphatic hydroxyl groups is 1. The maximum absolute atomic E-state index is 14.3. The quantitative estimate of drug-likeness (QED) is 0.273. The molecule has 0 unspecified atom stereocenters. The van der Waals surface area contributed by atoms with E-state index in [1.54, 1.807) is 23.9 Å². The molecule has 3 heterocycles. The molecule has 6 rings (SSSR count). The van der Waals surface area contributed by atoms with Gasteiger partial charge in [0.2, 0.25) is 0 Å². The summed E-state index contributed by atoms with van der Waals surface area (Å²) in [6.45, 7) is 2.68. The van der Waals surface area contributed by atoms with E-state index in [4.69, 9.17) is 9.72 Å². The molecule has 1 saturated heterocycles. The first kappa shape index (κ1) is 30.4. The van der Waals surface area contributed by atoms with E-state index in [0.29, 0.717) is 25.3 Å². The highest BCUT2D eigenvalue weighted by Gasteiger charge is 2.42. The third-order valence-electron chi connectivity index (χ3n) is 8.32. The number of benzene rings is 2. The van der Waals surface area contributed by atoms with Gasteiger partial charge in [-0.05, 0) is 24.8 Å². The molecule has 10 heteroatoms. The number of aromatic nitrogens is 3. The summed E-state index contributed by atoms with van der Waals surface area (Å²) in [6, 6.07) is 20.1. The third-order valence-corrected chi connectivity index (χ3v) is 9.08. The van der Waals surface area contributed by atoms with Crippen LogP contribution in [0.1, 0.15) is 52.8 Å². The van der Waals surface area contributed by atoms with Crippen molar-refractivity contribution >= 4 is 29.7 Å². The molecule has 1 saturated carbocycles. The number of imidazole rings is 1. The fourth-order valence-corrected chi connectivity index (χ4v) is 6.83. The fraction of sp³-hybridized carbons (Fsp3) is 0.406. The van der Waals surface area contributed by atoms with Crippen LogP contribution in [-0.2, 0) is 17.8 Å². The van der Waals surface area contributed by atoms with Crippen LogP contribution in [-0.4, -0.2) is 68.3 Å². The standard InChI is InChI=1S/C32H37N5O3S.ClH/c38-31(36-17-15-33-20-26(36)19-24-9-3-1-4-10-24)29-30(25-11-5-2-6-12-25)37(23-35-29)27-13-7-8-14-32(27,39)22-40-21-28-34-16-18-41-28;/h1-6,9-12,16,18,23,26-27,33,39H,7-8,13-15,17,19-22H2;1H/t26-,27+,32+;/m1./s1. The van der Waals surface area contributed by atoms with Crippen LogP contribution in [0.2, 0.25) is 0 Å². The predicted octanol–water partition coefficient (Wildman–Crippen LogP) is 5.15. The van der Waals surface area contributed by atoms with Gasteiger partial charge in [-0.15, -0.1) is 23.7 Å². The van der Waals surface area contributed by atoms with Crippen LogP contribution in [0, 0.1) is 0 Å². The van der Waals surface area contributed by atoms with E-state index in [9.17, 15) is 9.90 Å². The molecular formula is C32H38ClN5O3S. The lowest BCUT2D eigenvalue weighted by atomic mass is 9.80. The van der Waals surface area contributed by atoms with E-state index < -0.39 is 5.60 Å². The Morgan fingerprint density at radius 1 is 1.10 bits per heavy atom. The number of carbonyl (C=O) groups is 1. The van der Waals surface area contributed by atoms with Crippen LogP contribution in [0.5, 0.6) is 0 Å². The Morgan fingerprint density at radius 2 is 1.88 bits per heavy atom. The lowest BCUT2D eigenvalue weighted by Gasteiger charge is -2.41. The summed E-state index contributed by atoms with van der Waals surface area (Å²) in [5.74, 6) is -0.0654. The number of hydrogen-bond acceptors (Lipinski definition) is 7. The van der Waals surface area contributed by atoms with Gasteiger partial charge >= 0.3 is 0 Å². The molecule has 2 aromatic heterocycles. The molecule has 4 aromatic rings. The first-order valence-corrected chi connectivity index (χ1v) is 15.4. The van der Waals surface area contributed by atoms with E-state index >= 15 is 0 Å². The number of hydrogen-bond donors (Lipinski definition) is 2. The van der Waals surface area contributed by atoms with Gasteiger partial charge in [-0.25, -0.2) is 9.97 Å². The number of thiazole rings is 1. The number of halogens is 1. The van der Waals surface area contributed by atoms with Crippen LogP contribution in [0.25, 0.3) is 11.3 Å². The molecule has 42 heavy (non-hydrogen) atoms. The number of amides is 1. The molecule has 0 bridgehead atoms. The fourth-order valence-electron chi connectivity index (χ4n) is 6.28. The van der Waals surface area contributed by atoms with E-state index in [1.807, 2.05) is 63.4 Å². The van der Waals surface area contributed by atoms with Gasteiger partial charge in [0.05, 0.1) is 31.3 Å². The maximum atomic E-state index is 14.3. The highest BCUT2D eigenvalue weighted by Crippen LogP contribution is 2.41. The summed E-state index contributed by atoms with van der Waals surface area (Å²) in [4.78, 5) is 25.3. The lowest BCUT2D eigenvalue weighted by Crippen LogP contribution is -2.54. The van der Waals surface area contributed by atoms with Crippen LogP contribution in [0.15, 0.2) is 78.6 Å². The highest BCUT2D eigenvalue weighted by atomic mass is 35.5. The summed E-state index contributed by atoms with van der Waals surface area (Å²) < 4.78 is 8.06. The highest BCUT2D eigenvalue weighted by molar-refractivity contribution is 7.09. The lowest BCUT2D eigenvalue weighted by molar-refractivity contribution is -0.103. The van der Waals surface area contributed by atoms with Gasteiger partial charge in [0.15, 0.2) is 5.69 Å². The average Bonchev–Trinajstić information content (AvgIpc) is 3.69. The van der Waals surface area contributed by atoms with Crippen LogP contribution < -0.4 is 5.32 Å². The number of rotatable bonds is 9. The minimum Gasteiger partial charge on any atom is -0.385 e. The number of ether oxygens (including phenoxy) is 1. The van der Waals surface area contributed by atoms with Crippen molar-refractivity contribution in [3.8, 4) is 11.3 Å². The van der Waals surface area contributed by atoms with Crippen LogP contribution in [0.3, 0.4) is 0 Å². The SMILES string of the molecule is Cl.O=C(c1ncn([C@H]2CCCC[C@]2(O)COCc2nccs2)c1-c1ccccc1)N1CCNC[C@H]1Cc1ccccc1. The molecule has 0 spiro atoms. The predicted molar refractivity (Wildman–Crippen MR) is 167 cm³/mol. The summed E-state index contributed by atoms with van der Waals surface area (Å²) >= 11 is 1.55. The largest absolute Gasteiger partial charge is 0.385 e. The zero-order valence-electron chi connectivity index (χ0n) is 23.6. The van der Waals surface area contributed by atoms with Crippen molar-refractivity contribution in [3.05, 3.63) is 94.8 Å². The van der Waals surface area contributed by atoms with Gasteiger partial charge in [-0.3, -0.25) is 4.79 Å². The molecule has 3 atom stereocenters. The summed E-state index contributed by atoms with van der Waals surface area (Å²) in [7, 11) is 0. The number of nitrogens with one attached hydrogen (secondary N) is 1. The second-order valence-electron chi connectivity index (χ2n) is 11.0. The van der Waals surface area contributed by atoms with Crippen molar-refractivity contribution in [2.45, 2.75) is 56.4 Å². The van der Waals surface area contributed by atoms with E-state index in [0.717, 1.165) is 55.0 Å². The Balaban J connectivity index is 0.00000353. The zero-order valence-corrected chi connectivity index (χ0v) is 25.2. The number of nitrogens with zero attached hydrogens (tertiary/aromatic N) is 4. The van der Waals surface area contributed by atoms with Crippen molar-refractivity contribution < 1.29 is 14.6 Å². The second kappa shape index (κ2) is 13.9. The molecule has 0 radical (unpaired) electrons. The minimum atomic E-state index is -1.08. The van der Waals surface area contributed by atoms with Crippen molar-refractivity contribution in [1.29, 1.82) is 0 Å². The molecular weight excluding hydrogens is 570 g/mol. The van der Waals surface area contributed by atoms with Gasteiger partial charge in [0.1, 0.15) is 10.6 Å². The Kier molecular flexibility index (Phi) is 10.1. The Bertz CT molecular complexity index is 1420. The van der Waals surface area contributed by atoms with Crippen molar-refractivity contribution in [2.24, 2.45) is 0 Å². The molecule has 1 aliphatic carbocycles. The maximum Gasteiger partial charge on any atom is 0.275 e. The van der Waals surface area contributed by atoms with Gasteiger partial charge < -0.3 is 24.6 Å². The molecule has 2 aromatic carbocycles. The molecule has 2 aliphatic rings. The van der Waals surface area contributed by atoms with Gasteiger partial charge in [-0.2, -0.15) is 0 Å². The van der Waals surface area contributed by atoms with Gasteiger partial charge in [0, 0.05) is 42.8 Å². The molecule has 1 aliphatic heterocycles. The first-order chi connectivity index (χ1) is 20.1. The molecule has 2 fully saturated rings. The minimum absolute atomic E-state index is 0. The van der Waals surface area contributed by atoms with E-state index in [2.05, 4.69) is 22.4 Å². The van der Waals surface area contributed by atoms with Crippen LogP contribution in [0.4, 0.5) is 0 Å². The van der Waals surface area contributed by atoms with Crippen molar-refractivity contribution in [1.82, 2.24) is 24.8 Å². The van der Waals surface area contributed by atoms with E-state index in [-0.39, 0.29) is 37.0 Å². The smallest absolute Gasteiger partial charge is 0.275 e. The molecule has 222 valence electrons. The van der Waals surface area contributed by atoms with Crippen molar-refractivity contribution in [3.63, 3.8) is 0 Å². The zero-order chi connectivity index (χ0) is 28.1. The third kappa shape index (κ3) is 6.61.